The van der Waals surface area contributed by atoms with Crippen molar-refractivity contribution in [3.05, 3.63) is 76.9 Å². The first kappa shape index (κ1) is 27.6. The van der Waals surface area contributed by atoms with Gasteiger partial charge in [0.2, 0.25) is 0 Å². The number of nitrogens with zero attached hydrogens (tertiary/aromatic N) is 4. The highest BCUT2D eigenvalue weighted by molar-refractivity contribution is 7.91. The summed E-state index contributed by atoms with van der Waals surface area (Å²) in [6, 6.07) is 15.0. The van der Waals surface area contributed by atoms with E-state index in [2.05, 4.69) is 64.1 Å². The summed E-state index contributed by atoms with van der Waals surface area (Å²) in [5, 5.41) is 19.5. The van der Waals surface area contributed by atoms with Gasteiger partial charge in [-0.25, -0.2) is 8.42 Å². The van der Waals surface area contributed by atoms with Gasteiger partial charge in [0.05, 0.1) is 22.0 Å². The third kappa shape index (κ3) is 5.75. The molecule has 3 fully saturated rings. The van der Waals surface area contributed by atoms with Gasteiger partial charge in [0.1, 0.15) is 0 Å². The van der Waals surface area contributed by atoms with E-state index in [1.165, 1.54) is 54.4 Å². The van der Waals surface area contributed by atoms with Crippen LogP contribution in [0.3, 0.4) is 0 Å². The van der Waals surface area contributed by atoms with Crippen LogP contribution >= 0.6 is 0 Å². The maximum atomic E-state index is 12.1. The number of pyridine rings is 1. The van der Waals surface area contributed by atoms with Crippen LogP contribution in [-0.2, 0) is 16.4 Å². The average molecular weight is 564 g/mol. The highest BCUT2D eigenvalue weighted by Crippen LogP contribution is 2.46. The Morgan fingerprint density at radius 1 is 1.00 bits per heavy atom. The van der Waals surface area contributed by atoms with Crippen LogP contribution in [0.25, 0.3) is 0 Å². The molecule has 1 saturated heterocycles. The monoisotopic (exact) mass is 563 g/mol. The first-order valence-corrected chi connectivity index (χ1v) is 16.4. The van der Waals surface area contributed by atoms with Gasteiger partial charge in [-0.3, -0.25) is 19.9 Å². The van der Waals surface area contributed by atoms with Crippen LogP contribution in [0, 0.1) is 0 Å². The maximum Gasteiger partial charge on any atom is 0.179 e. The van der Waals surface area contributed by atoms with Gasteiger partial charge >= 0.3 is 0 Å². The van der Waals surface area contributed by atoms with Crippen LogP contribution in [0.15, 0.2) is 53.6 Å². The second-order valence-corrected chi connectivity index (χ2v) is 14.3. The summed E-state index contributed by atoms with van der Waals surface area (Å²) in [5.41, 5.74) is 5.94. The Labute approximate surface area is 237 Å². The van der Waals surface area contributed by atoms with Crippen LogP contribution in [0.1, 0.15) is 104 Å². The standard InChI is InChI=1S/C31H41N5O3S/c1-4-40(38,39)26-13-12-25(32-17-26)16-33-31(37)35-18-27(24-7-5-6-23(14-24)21-8-9-21)28(19-35)30-15-29(22-10-11-22)34-36(30)20(2)3/h5-7,12-15,17,20-22,27-28,31,33,37H,4,8-11,16,18-19H2,1-3H3. The van der Waals surface area contributed by atoms with Crippen LogP contribution < -0.4 is 5.32 Å². The quantitative estimate of drug-likeness (QED) is 0.328. The van der Waals surface area contributed by atoms with E-state index in [0.29, 0.717) is 24.1 Å². The topological polar surface area (TPSA) is 100 Å². The lowest BCUT2D eigenvalue weighted by atomic mass is 9.85. The van der Waals surface area contributed by atoms with E-state index in [1.54, 1.807) is 19.1 Å². The van der Waals surface area contributed by atoms with Gasteiger partial charge < -0.3 is 5.11 Å². The molecule has 8 nitrogen and oxygen atoms in total. The Morgan fingerprint density at radius 2 is 1.73 bits per heavy atom. The van der Waals surface area contributed by atoms with Gasteiger partial charge in [-0.05, 0) is 74.8 Å². The van der Waals surface area contributed by atoms with Gasteiger partial charge in [-0.2, -0.15) is 5.10 Å². The normalized spacial score (nSPS) is 22.7. The fourth-order valence-corrected chi connectivity index (χ4v) is 6.84. The van der Waals surface area contributed by atoms with E-state index in [0.717, 1.165) is 13.1 Å². The number of aliphatic hydroxyl groups excluding tert-OH is 1. The first-order valence-electron chi connectivity index (χ1n) is 14.8. The van der Waals surface area contributed by atoms with Crippen LogP contribution in [0.4, 0.5) is 0 Å². The summed E-state index contributed by atoms with van der Waals surface area (Å²) in [5.74, 6) is 1.78. The van der Waals surface area contributed by atoms with Gasteiger partial charge in [-0.1, -0.05) is 31.2 Å². The zero-order chi connectivity index (χ0) is 28.0. The van der Waals surface area contributed by atoms with Crippen molar-refractivity contribution >= 4 is 9.84 Å². The number of aliphatic hydroxyl groups is 1. The molecule has 214 valence electrons. The van der Waals surface area contributed by atoms with Crippen molar-refractivity contribution in [2.24, 2.45) is 0 Å². The van der Waals surface area contributed by atoms with E-state index in [1.807, 2.05) is 0 Å². The predicted molar refractivity (Wildman–Crippen MR) is 155 cm³/mol. The van der Waals surface area contributed by atoms with Gasteiger partial charge in [-0.15, -0.1) is 0 Å². The second kappa shape index (κ2) is 11.0. The molecule has 3 aliphatic rings. The molecular weight excluding hydrogens is 522 g/mol. The minimum Gasteiger partial charge on any atom is -0.365 e. The van der Waals surface area contributed by atoms with Crippen molar-refractivity contribution in [2.75, 3.05) is 18.8 Å². The van der Waals surface area contributed by atoms with Gasteiger partial charge in [0, 0.05) is 55.3 Å². The van der Waals surface area contributed by atoms with E-state index in [9.17, 15) is 13.5 Å². The summed E-state index contributed by atoms with van der Waals surface area (Å²) in [6.07, 6.45) is 5.55. The lowest BCUT2D eigenvalue weighted by Crippen LogP contribution is -2.44. The van der Waals surface area contributed by atoms with Crippen LogP contribution in [0.2, 0.25) is 0 Å². The highest BCUT2D eigenvalue weighted by atomic mass is 32.2. The zero-order valence-corrected chi connectivity index (χ0v) is 24.5. The molecule has 0 radical (unpaired) electrons. The third-order valence-corrected chi connectivity index (χ3v) is 10.5. The summed E-state index contributed by atoms with van der Waals surface area (Å²) in [4.78, 5) is 6.66. The number of hydrogen-bond donors (Lipinski definition) is 2. The van der Waals surface area contributed by atoms with Gasteiger partial charge in [0.25, 0.3) is 0 Å². The number of nitrogens with one attached hydrogen (secondary N) is 1. The summed E-state index contributed by atoms with van der Waals surface area (Å²) in [6.45, 7) is 7.81. The van der Waals surface area contributed by atoms with E-state index in [-0.39, 0.29) is 28.5 Å². The third-order valence-electron chi connectivity index (χ3n) is 8.73. The minimum absolute atomic E-state index is 0.0453. The molecule has 3 atom stereocenters. The molecule has 0 amide bonds. The lowest BCUT2D eigenvalue weighted by molar-refractivity contribution is -0.0105. The minimum atomic E-state index is -3.29. The number of likely N-dealkylation sites (tertiary alicyclic amines) is 1. The van der Waals surface area contributed by atoms with Crippen molar-refractivity contribution in [1.29, 1.82) is 0 Å². The molecule has 3 heterocycles. The number of sulfone groups is 1. The Morgan fingerprint density at radius 3 is 2.38 bits per heavy atom. The number of aromatic nitrogens is 3. The van der Waals surface area contributed by atoms with Crippen LogP contribution in [-0.4, -0.2) is 58.4 Å². The van der Waals surface area contributed by atoms with Gasteiger partial charge in [0.15, 0.2) is 16.2 Å². The molecule has 1 aliphatic heterocycles. The fourth-order valence-electron chi connectivity index (χ4n) is 6.02. The Balaban J connectivity index is 1.23. The Kier molecular flexibility index (Phi) is 7.59. The molecule has 6 rings (SSSR count). The molecule has 2 aliphatic carbocycles. The molecule has 2 saturated carbocycles. The summed E-state index contributed by atoms with van der Waals surface area (Å²) < 4.78 is 26.4. The largest absolute Gasteiger partial charge is 0.365 e. The average Bonchev–Trinajstić information content (AvgIpc) is 3.90. The highest BCUT2D eigenvalue weighted by Gasteiger charge is 2.41. The molecule has 2 N–H and O–H groups in total. The Bertz CT molecular complexity index is 1440. The molecule has 2 aromatic heterocycles. The number of rotatable bonds is 11. The maximum absolute atomic E-state index is 12.1. The summed E-state index contributed by atoms with van der Waals surface area (Å²) in [7, 11) is -3.29. The molecule has 40 heavy (non-hydrogen) atoms. The molecule has 3 aromatic rings. The molecule has 1 aromatic carbocycles. The number of hydrogen-bond acceptors (Lipinski definition) is 7. The van der Waals surface area contributed by atoms with Crippen molar-refractivity contribution in [1.82, 2.24) is 25.0 Å². The summed E-state index contributed by atoms with van der Waals surface area (Å²) >= 11 is 0. The predicted octanol–water partition coefficient (Wildman–Crippen LogP) is 4.66. The van der Waals surface area contributed by atoms with Crippen molar-refractivity contribution in [3.8, 4) is 0 Å². The molecule has 3 unspecified atom stereocenters. The first-order chi connectivity index (χ1) is 19.2. The van der Waals surface area contributed by atoms with E-state index in [4.69, 9.17) is 5.10 Å². The lowest BCUT2D eigenvalue weighted by Gasteiger charge is -2.24. The van der Waals surface area contributed by atoms with E-state index >= 15 is 0 Å². The molecule has 0 spiro atoms. The SMILES string of the molecule is CCS(=O)(=O)c1ccc(CNC(O)N2CC(c3cccc(C4CC4)c3)C(c3cc(C4CC4)nn3C(C)C)C2)nc1. The molecular formula is C31H41N5O3S. The fraction of sp³-hybridized carbons (Fsp3) is 0.548. The van der Waals surface area contributed by atoms with E-state index < -0.39 is 16.2 Å². The smallest absolute Gasteiger partial charge is 0.179 e. The van der Waals surface area contributed by atoms with Crippen molar-refractivity contribution in [2.45, 2.75) is 94.0 Å². The van der Waals surface area contributed by atoms with Crippen LogP contribution in [0.5, 0.6) is 0 Å². The number of benzene rings is 1. The Hall–Kier alpha value is -2.59. The second-order valence-electron chi connectivity index (χ2n) is 12.1. The molecule has 9 heteroatoms. The van der Waals surface area contributed by atoms with Crippen molar-refractivity contribution < 1.29 is 13.5 Å². The van der Waals surface area contributed by atoms with Crippen molar-refractivity contribution in [3.63, 3.8) is 0 Å². The zero-order valence-electron chi connectivity index (χ0n) is 23.7. The molecule has 0 bridgehead atoms.